The van der Waals surface area contributed by atoms with Crippen LogP contribution in [0.1, 0.15) is 13.3 Å². The summed E-state index contributed by atoms with van der Waals surface area (Å²) in [4.78, 5) is 3.78. The van der Waals surface area contributed by atoms with Gasteiger partial charge in [-0.05, 0) is 18.6 Å². The van der Waals surface area contributed by atoms with Gasteiger partial charge in [0.05, 0.1) is 0 Å². The zero-order valence-corrected chi connectivity index (χ0v) is 7.33. The van der Waals surface area contributed by atoms with E-state index in [1.54, 1.807) is 12.4 Å². The van der Waals surface area contributed by atoms with Crippen LogP contribution in [0.15, 0.2) is 42.2 Å². The minimum Gasteiger partial charge on any atom is -0.265 e. The van der Waals surface area contributed by atoms with E-state index in [9.17, 15) is 0 Å². The average molecular weight is 170 g/mol. The molecule has 1 nitrogen and oxygen atoms in total. The molecular formula is C9H12ClN. The van der Waals surface area contributed by atoms with E-state index >= 15 is 0 Å². The molecule has 0 saturated carbocycles. The molecule has 0 spiro atoms. The van der Waals surface area contributed by atoms with Crippen molar-refractivity contribution in [2.24, 2.45) is 0 Å². The van der Waals surface area contributed by atoms with Crippen LogP contribution in [0.2, 0.25) is 0 Å². The van der Waals surface area contributed by atoms with E-state index in [4.69, 9.17) is 11.6 Å². The molecule has 60 valence electrons. The van der Waals surface area contributed by atoms with Crippen LogP contribution in [0.4, 0.5) is 0 Å². The molecule has 0 radical (unpaired) electrons. The topological polar surface area (TPSA) is 12.9 Å². The quantitative estimate of drug-likeness (QED) is 0.629. The molecule has 1 aromatic rings. The minimum atomic E-state index is 1.03. The van der Waals surface area contributed by atoms with Gasteiger partial charge in [0.25, 0.3) is 0 Å². The van der Waals surface area contributed by atoms with Crippen LogP contribution in [0, 0.1) is 0 Å². The van der Waals surface area contributed by atoms with Crippen molar-refractivity contribution in [1.82, 2.24) is 4.98 Å². The van der Waals surface area contributed by atoms with Crippen LogP contribution in [-0.4, -0.2) is 4.98 Å². The maximum Gasteiger partial charge on any atom is 0.0267 e. The van der Waals surface area contributed by atoms with E-state index in [0.717, 1.165) is 6.42 Å². The van der Waals surface area contributed by atoms with E-state index in [0.29, 0.717) is 0 Å². The molecule has 0 atom stereocenters. The lowest BCUT2D eigenvalue weighted by Gasteiger charge is -1.70. The van der Waals surface area contributed by atoms with Gasteiger partial charge >= 0.3 is 0 Å². The Hall–Kier alpha value is -0.820. The Morgan fingerprint density at radius 2 is 1.91 bits per heavy atom. The normalized spacial score (nSPS) is 8.91. The van der Waals surface area contributed by atoms with Gasteiger partial charge in [0.1, 0.15) is 0 Å². The minimum absolute atomic E-state index is 1.03. The number of nitrogens with zero attached hydrogens (tertiary/aromatic N) is 1. The lowest BCUT2D eigenvalue weighted by molar-refractivity contribution is 1.23. The van der Waals surface area contributed by atoms with Gasteiger partial charge in [-0.2, -0.15) is 0 Å². The number of rotatable bonds is 1. The summed E-state index contributed by atoms with van der Waals surface area (Å²) in [7, 11) is 0. The van der Waals surface area contributed by atoms with Crippen LogP contribution in [0.25, 0.3) is 0 Å². The van der Waals surface area contributed by atoms with Crippen LogP contribution < -0.4 is 0 Å². The van der Waals surface area contributed by atoms with Crippen LogP contribution >= 0.6 is 11.6 Å². The summed E-state index contributed by atoms with van der Waals surface area (Å²) in [5.74, 6) is 0. The molecule has 0 aliphatic carbocycles. The van der Waals surface area contributed by atoms with Crippen LogP contribution in [0.3, 0.4) is 0 Å². The number of aromatic nitrogens is 1. The largest absolute Gasteiger partial charge is 0.265 e. The van der Waals surface area contributed by atoms with Crippen LogP contribution in [-0.2, 0) is 0 Å². The first-order valence-electron chi connectivity index (χ1n) is 3.52. The molecule has 1 heterocycles. The second kappa shape index (κ2) is 9.18. The first-order valence-corrected chi connectivity index (χ1v) is 3.95. The summed E-state index contributed by atoms with van der Waals surface area (Å²) in [5.41, 5.74) is 1.53. The molecule has 1 aromatic heterocycles. The second-order valence-corrected chi connectivity index (χ2v) is 2.05. The molecule has 1 rings (SSSR count). The highest BCUT2D eigenvalue weighted by Gasteiger charge is 1.58. The highest BCUT2D eigenvalue weighted by Crippen LogP contribution is 1.80. The zero-order valence-electron chi connectivity index (χ0n) is 6.57. The lowest BCUT2D eigenvalue weighted by Crippen LogP contribution is -1.58. The lowest BCUT2D eigenvalue weighted by atomic mass is 10.5. The molecule has 11 heavy (non-hydrogen) atoms. The van der Waals surface area contributed by atoms with Crippen molar-refractivity contribution in [2.75, 3.05) is 0 Å². The molecule has 0 fully saturated rings. The fourth-order valence-corrected chi connectivity index (χ4v) is 0.580. The van der Waals surface area contributed by atoms with Gasteiger partial charge in [-0.15, -0.1) is 0 Å². The van der Waals surface area contributed by atoms with Crippen molar-refractivity contribution in [3.8, 4) is 0 Å². The van der Waals surface area contributed by atoms with Crippen molar-refractivity contribution >= 4 is 11.6 Å². The molecule has 2 heteroatoms. The molecule has 0 aromatic carbocycles. The Morgan fingerprint density at radius 1 is 1.27 bits per heavy atom. The van der Waals surface area contributed by atoms with E-state index in [1.165, 1.54) is 5.54 Å². The van der Waals surface area contributed by atoms with Crippen molar-refractivity contribution in [3.63, 3.8) is 0 Å². The first kappa shape index (κ1) is 10.2. The maximum atomic E-state index is 5.12. The van der Waals surface area contributed by atoms with Gasteiger partial charge in [-0.1, -0.05) is 30.7 Å². The summed E-state index contributed by atoms with van der Waals surface area (Å²) in [6.07, 6.45) is 6.42. The fraction of sp³-hybridized carbons (Fsp3) is 0.222. The van der Waals surface area contributed by atoms with Crippen molar-refractivity contribution in [1.29, 1.82) is 0 Å². The number of allylic oxidation sites excluding steroid dienone is 1. The van der Waals surface area contributed by atoms with E-state index in [1.807, 2.05) is 31.2 Å². The summed E-state index contributed by atoms with van der Waals surface area (Å²) in [5, 5.41) is 0. The first-order chi connectivity index (χ1) is 5.41. The van der Waals surface area contributed by atoms with Crippen molar-refractivity contribution in [3.05, 3.63) is 42.2 Å². The third-order valence-corrected chi connectivity index (χ3v) is 1.07. The molecule has 0 aliphatic rings. The Kier molecular flexibility index (Phi) is 8.50. The maximum absolute atomic E-state index is 5.12. The van der Waals surface area contributed by atoms with E-state index < -0.39 is 0 Å². The molecule has 0 bridgehead atoms. The number of hydrogen-bond donors (Lipinski definition) is 0. The third-order valence-electron chi connectivity index (χ3n) is 0.891. The summed E-state index contributed by atoms with van der Waals surface area (Å²) in [6, 6.07) is 5.72. The Balaban J connectivity index is 0.000000187. The van der Waals surface area contributed by atoms with Gasteiger partial charge in [-0.25, -0.2) is 0 Å². The number of pyridine rings is 1. The fourth-order valence-electron chi connectivity index (χ4n) is 0.402. The summed E-state index contributed by atoms with van der Waals surface area (Å²) in [6.45, 7) is 2.04. The van der Waals surface area contributed by atoms with E-state index in [2.05, 4.69) is 4.98 Å². The highest BCUT2D eigenvalue weighted by molar-refractivity contribution is 6.25. The van der Waals surface area contributed by atoms with E-state index in [-0.39, 0.29) is 0 Å². The van der Waals surface area contributed by atoms with Gasteiger partial charge < -0.3 is 0 Å². The molecular weight excluding hydrogens is 158 g/mol. The van der Waals surface area contributed by atoms with Gasteiger partial charge in [0.2, 0.25) is 0 Å². The Morgan fingerprint density at radius 3 is 2.00 bits per heavy atom. The van der Waals surface area contributed by atoms with Crippen molar-refractivity contribution in [2.45, 2.75) is 13.3 Å². The molecule has 0 N–H and O–H groups in total. The molecule has 0 unspecified atom stereocenters. The number of hydrogen-bond acceptors (Lipinski definition) is 1. The van der Waals surface area contributed by atoms with Crippen LogP contribution in [0.5, 0.6) is 0 Å². The third kappa shape index (κ3) is 9.18. The zero-order chi connectivity index (χ0) is 8.36. The summed E-state index contributed by atoms with van der Waals surface area (Å²) < 4.78 is 0. The number of halogens is 1. The molecule has 0 saturated heterocycles. The SMILES string of the molecule is CC/C=C/Cl.c1ccncc1. The predicted octanol–water partition coefficient (Wildman–Crippen LogP) is 3.23. The predicted molar refractivity (Wildman–Crippen MR) is 49.5 cm³/mol. The summed E-state index contributed by atoms with van der Waals surface area (Å²) >= 11 is 5.12. The average Bonchev–Trinajstić information content (AvgIpc) is 2.10. The smallest absolute Gasteiger partial charge is 0.0267 e. The Labute approximate surface area is 72.7 Å². The van der Waals surface area contributed by atoms with Gasteiger partial charge in [0, 0.05) is 17.9 Å². The van der Waals surface area contributed by atoms with Gasteiger partial charge in [0.15, 0.2) is 0 Å². The van der Waals surface area contributed by atoms with Crippen molar-refractivity contribution < 1.29 is 0 Å². The highest BCUT2D eigenvalue weighted by atomic mass is 35.5. The second-order valence-electron chi connectivity index (χ2n) is 1.79. The molecule has 0 amide bonds. The standard InChI is InChI=1S/C5H5N.C4H7Cl/c1-2-4-6-5-3-1;1-2-3-4-5/h1-5H;3-4H,2H2,1H3/b;4-3+. The Bertz CT molecular complexity index is 145. The van der Waals surface area contributed by atoms with Gasteiger partial charge in [-0.3, -0.25) is 4.98 Å². The molecule has 0 aliphatic heterocycles. The monoisotopic (exact) mass is 169 g/mol.